The molecule has 0 saturated carbocycles. The molecule has 0 bridgehead atoms. The van der Waals surface area contributed by atoms with Gasteiger partial charge in [-0.15, -0.1) is 5.10 Å². The van der Waals surface area contributed by atoms with Gasteiger partial charge < -0.3 is 14.3 Å². The Balaban J connectivity index is 1.62. The topological polar surface area (TPSA) is 76.0 Å². The molecule has 1 aliphatic rings. The van der Waals surface area contributed by atoms with Crippen molar-refractivity contribution in [2.24, 2.45) is 0 Å². The lowest BCUT2D eigenvalue weighted by Gasteiger charge is -2.40. The maximum absolute atomic E-state index is 14.9. The number of aromatic hydroxyl groups is 1. The molecule has 1 aromatic carbocycles. The number of ether oxygens (including phenoxy) is 1. The van der Waals surface area contributed by atoms with Gasteiger partial charge in [-0.2, -0.15) is 9.50 Å². The number of hydrogen-bond donors (Lipinski definition) is 1. The van der Waals surface area contributed by atoms with Crippen molar-refractivity contribution < 1.29 is 18.7 Å². The minimum Gasteiger partial charge on any atom is -0.492 e. The normalized spacial score (nSPS) is 21.3. The van der Waals surface area contributed by atoms with Gasteiger partial charge in [0.25, 0.3) is 0 Å². The van der Waals surface area contributed by atoms with Crippen LogP contribution in [0.15, 0.2) is 47.1 Å². The zero-order valence-electron chi connectivity index (χ0n) is 16.5. The number of halogens is 1. The first-order valence-corrected chi connectivity index (χ1v) is 10.6. The predicted octanol–water partition coefficient (Wildman–Crippen LogP) is 4.09. The summed E-state index contributed by atoms with van der Waals surface area (Å²) < 4.78 is 27.5. The molecule has 0 spiro atoms. The summed E-state index contributed by atoms with van der Waals surface area (Å²) in [6.07, 6.45) is 1.54. The van der Waals surface area contributed by atoms with Crippen LogP contribution in [0.3, 0.4) is 0 Å². The van der Waals surface area contributed by atoms with E-state index in [0.717, 1.165) is 0 Å². The molecule has 5 rings (SSSR count). The zero-order valence-corrected chi connectivity index (χ0v) is 17.3. The number of aromatic nitrogens is 3. The Morgan fingerprint density at radius 2 is 1.93 bits per heavy atom. The number of hydrogen-bond acceptors (Lipinski definition) is 7. The van der Waals surface area contributed by atoms with Crippen LogP contribution in [0.4, 0.5) is 4.39 Å². The standard InChI is InChI=1S/C21H21FN4O3S/c1-12-10-25(11-13(2)29-12)17(14-6-3-4-7-15(14)22)18-20(27)26-21(30-18)23-19(24-26)16-8-5-9-28-16/h3-9,12-13,17,27H,10-11H2,1-2H3. The average molecular weight is 428 g/mol. The number of benzene rings is 1. The maximum atomic E-state index is 14.9. The van der Waals surface area contributed by atoms with Crippen LogP contribution in [0.2, 0.25) is 0 Å². The van der Waals surface area contributed by atoms with Crippen molar-refractivity contribution in [1.82, 2.24) is 19.5 Å². The van der Waals surface area contributed by atoms with Crippen molar-refractivity contribution in [2.45, 2.75) is 32.1 Å². The van der Waals surface area contributed by atoms with Crippen molar-refractivity contribution in [3.05, 3.63) is 58.9 Å². The van der Waals surface area contributed by atoms with Crippen LogP contribution >= 0.6 is 11.3 Å². The fourth-order valence-corrected chi connectivity index (χ4v) is 5.18. The Labute approximate surface area is 176 Å². The average Bonchev–Trinajstić information content (AvgIpc) is 3.42. The highest BCUT2D eigenvalue weighted by molar-refractivity contribution is 7.17. The lowest BCUT2D eigenvalue weighted by molar-refractivity contribution is -0.0767. The molecule has 4 heterocycles. The predicted molar refractivity (Wildman–Crippen MR) is 110 cm³/mol. The van der Waals surface area contributed by atoms with Crippen LogP contribution in [0.5, 0.6) is 5.88 Å². The van der Waals surface area contributed by atoms with Crippen LogP contribution < -0.4 is 0 Å². The molecule has 7 nitrogen and oxygen atoms in total. The first-order valence-electron chi connectivity index (χ1n) is 9.77. The van der Waals surface area contributed by atoms with Gasteiger partial charge in [0.05, 0.1) is 29.4 Å². The van der Waals surface area contributed by atoms with Crippen molar-refractivity contribution >= 4 is 16.3 Å². The lowest BCUT2D eigenvalue weighted by Crippen LogP contribution is -2.47. The Morgan fingerprint density at radius 1 is 1.17 bits per heavy atom. The summed E-state index contributed by atoms with van der Waals surface area (Å²) in [5.74, 6) is 0.557. The molecule has 1 fully saturated rings. The second kappa shape index (κ2) is 7.50. The summed E-state index contributed by atoms with van der Waals surface area (Å²) in [5, 5.41) is 15.4. The van der Waals surface area contributed by atoms with Gasteiger partial charge in [-0.25, -0.2) is 4.39 Å². The fraction of sp³-hybridized carbons (Fsp3) is 0.333. The molecular weight excluding hydrogens is 407 g/mol. The van der Waals surface area contributed by atoms with Gasteiger partial charge in [-0.05, 0) is 32.0 Å². The van der Waals surface area contributed by atoms with E-state index in [1.165, 1.54) is 21.9 Å². The maximum Gasteiger partial charge on any atom is 0.230 e. The molecule has 156 valence electrons. The molecule has 3 unspecified atom stereocenters. The molecule has 30 heavy (non-hydrogen) atoms. The van der Waals surface area contributed by atoms with E-state index in [4.69, 9.17) is 9.15 Å². The van der Waals surface area contributed by atoms with E-state index in [0.29, 0.717) is 40.1 Å². The highest BCUT2D eigenvalue weighted by Crippen LogP contribution is 2.42. The number of furan rings is 1. The van der Waals surface area contributed by atoms with Gasteiger partial charge in [-0.3, -0.25) is 4.90 Å². The van der Waals surface area contributed by atoms with Gasteiger partial charge >= 0.3 is 0 Å². The van der Waals surface area contributed by atoms with Gasteiger partial charge in [0.15, 0.2) is 5.76 Å². The zero-order chi connectivity index (χ0) is 20.8. The molecule has 0 amide bonds. The number of morpholine rings is 1. The summed E-state index contributed by atoms with van der Waals surface area (Å²) in [5.41, 5.74) is 0.505. The number of thiazole rings is 1. The molecule has 0 aliphatic carbocycles. The van der Waals surface area contributed by atoms with Crippen molar-refractivity contribution in [2.75, 3.05) is 13.1 Å². The summed E-state index contributed by atoms with van der Waals surface area (Å²) in [6.45, 7) is 5.24. The first-order chi connectivity index (χ1) is 14.5. The molecular formula is C21H21FN4O3S. The summed E-state index contributed by atoms with van der Waals surface area (Å²) in [4.78, 5) is 7.76. The number of fused-ring (bicyclic) bond motifs is 1. The molecule has 9 heteroatoms. The fourth-order valence-electron chi connectivity index (χ4n) is 4.07. The van der Waals surface area contributed by atoms with Gasteiger partial charge in [-0.1, -0.05) is 29.5 Å². The first kappa shape index (κ1) is 19.2. The van der Waals surface area contributed by atoms with Gasteiger partial charge in [0.2, 0.25) is 16.7 Å². The van der Waals surface area contributed by atoms with Crippen molar-refractivity contribution in [3.63, 3.8) is 0 Å². The van der Waals surface area contributed by atoms with E-state index in [1.54, 1.807) is 30.5 Å². The minimum atomic E-state index is -0.472. The Morgan fingerprint density at radius 3 is 2.60 bits per heavy atom. The Bertz CT molecular complexity index is 1160. The largest absolute Gasteiger partial charge is 0.492 e. The molecule has 1 N–H and O–H groups in total. The van der Waals surface area contributed by atoms with E-state index < -0.39 is 6.04 Å². The van der Waals surface area contributed by atoms with Crippen molar-refractivity contribution in [1.29, 1.82) is 0 Å². The van der Waals surface area contributed by atoms with E-state index in [2.05, 4.69) is 15.0 Å². The van der Waals surface area contributed by atoms with Crippen LogP contribution in [0.1, 0.15) is 30.3 Å². The van der Waals surface area contributed by atoms with E-state index in [9.17, 15) is 9.50 Å². The lowest BCUT2D eigenvalue weighted by atomic mass is 10.0. The van der Waals surface area contributed by atoms with Crippen LogP contribution in [-0.4, -0.2) is 49.9 Å². The summed E-state index contributed by atoms with van der Waals surface area (Å²) in [7, 11) is 0. The van der Waals surface area contributed by atoms with Crippen molar-refractivity contribution in [3.8, 4) is 17.5 Å². The second-order valence-electron chi connectivity index (χ2n) is 7.53. The van der Waals surface area contributed by atoms with E-state index in [-0.39, 0.29) is 23.9 Å². The number of rotatable bonds is 4. The SMILES string of the molecule is CC1CN(C(c2ccccc2F)c2sc3nc(-c4ccco4)nn3c2O)CC(C)O1. The molecule has 1 saturated heterocycles. The monoisotopic (exact) mass is 428 g/mol. The third-order valence-corrected chi connectivity index (χ3v) is 6.27. The van der Waals surface area contributed by atoms with E-state index in [1.807, 2.05) is 19.9 Å². The molecule has 4 aromatic rings. The summed E-state index contributed by atoms with van der Waals surface area (Å²) in [6, 6.07) is 9.72. The highest BCUT2D eigenvalue weighted by atomic mass is 32.1. The quantitative estimate of drug-likeness (QED) is 0.528. The van der Waals surface area contributed by atoms with Crippen LogP contribution in [-0.2, 0) is 4.74 Å². The minimum absolute atomic E-state index is 0.00195. The molecule has 3 atom stereocenters. The molecule has 0 radical (unpaired) electrons. The Hall–Kier alpha value is -2.75. The van der Waals surface area contributed by atoms with Gasteiger partial charge in [0, 0.05) is 18.7 Å². The highest BCUT2D eigenvalue weighted by Gasteiger charge is 2.35. The number of nitrogens with zero attached hydrogens (tertiary/aromatic N) is 4. The van der Waals surface area contributed by atoms with Crippen LogP contribution in [0, 0.1) is 5.82 Å². The third kappa shape index (κ3) is 3.28. The molecule has 3 aromatic heterocycles. The van der Waals surface area contributed by atoms with Gasteiger partial charge in [0.1, 0.15) is 5.82 Å². The Kier molecular flexibility index (Phi) is 4.80. The smallest absolute Gasteiger partial charge is 0.230 e. The van der Waals surface area contributed by atoms with E-state index >= 15 is 0 Å². The third-order valence-electron chi connectivity index (χ3n) is 5.20. The second-order valence-corrected chi connectivity index (χ2v) is 8.54. The van der Waals surface area contributed by atoms with Crippen LogP contribution in [0.25, 0.3) is 16.5 Å². The summed E-state index contributed by atoms with van der Waals surface area (Å²) >= 11 is 1.30. The molecule has 1 aliphatic heterocycles.